The van der Waals surface area contributed by atoms with Gasteiger partial charge in [0, 0.05) is 25.4 Å². The Kier molecular flexibility index (Phi) is 5.95. The molecule has 0 radical (unpaired) electrons. The first-order chi connectivity index (χ1) is 8.38. The predicted octanol–water partition coefficient (Wildman–Crippen LogP) is 1.34. The molecule has 106 valence electrons. The van der Waals surface area contributed by atoms with Crippen molar-refractivity contribution in [2.45, 2.75) is 39.3 Å². The van der Waals surface area contributed by atoms with Gasteiger partial charge in [0.1, 0.15) is 0 Å². The number of ether oxygens (including phenoxy) is 1. The second kappa shape index (κ2) is 6.78. The zero-order chi connectivity index (χ0) is 13.8. The lowest BCUT2D eigenvalue weighted by molar-refractivity contribution is -0.137. The smallest absolute Gasteiger partial charge is 0.240 e. The van der Waals surface area contributed by atoms with Crippen LogP contribution in [-0.2, 0) is 9.53 Å². The second-order valence-corrected chi connectivity index (χ2v) is 7.04. The van der Waals surface area contributed by atoms with Crippen molar-refractivity contribution >= 4 is 17.7 Å². The van der Waals surface area contributed by atoms with Gasteiger partial charge in [-0.2, -0.15) is 11.8 Å². The van der Waals surface area contributed by atoms with E-state index in [1.165, 1.54) is 0 Å². The van der Waals surface area contributed by atoms with Crippen LogP contribution in [0.25, 0.3) is 0 Å². The van der Waals surface area contributed by atoms with Crippen LogP contribution in [0.5, 0.6) is 0 Å². The van der Waals surface area contributed by atoms with Crippen molar-refractivity contribution in [2.75, 3.05) is 31.8 Å². The van der Waals surface area contributed by atoms with E-state index < -0.39 is 6.04 Å². The molecule has 1 fully saturated rings. The number of hydrogen-bond acceptors (Lipinski definition) is 4. The molecule has 0 aliphatic carbocycles. The Morgan fingerprint density at radius 2 is 2.22 bits per heavy atom. The van der Waals surface area contributed by atoms with Crippen molar-refractivity contribution in [3.05, 3.63) is 0 Å². The quantitative estimate of drug-likeness (QED) is 0.822. The molecule has 18 heavy (non-hydrogen) atoms. The van der Waals surface area contributed by atoms with Crippen LogP contribution in [0.2, 0.25) is 0 Å². The van der Waals surface area contributed by atoms with E-state index in [-0.39, 0.29) is 11.3 Å². The van der Waals surface area contributed by atoms with E-state index in [4.69, 9.17) is 10.5 Å². The number of methoxy groups -OCH3 is 1. The van der Waals surface area contributed by atoms with Crippen LogP contribution in [0, 0.1) is 5.41 Å². The van der Waals surface area contributed by atoms with Gasteiger partial charge < -0.3 is 15.4 Å². The van der Waals surface area contributed by atoms with Gasteiger partial charge in [-0.05, 0) is 17.6 Å². The third kappa shape index (κ3) is 4.14. The fourth-order valence-electron chi connectivity index (χ4n) is 1.98. The topological polar surface area (TPSA) is 55.6 Å². The molecule has 5 heteroatoms. The van der Waals surface area contributed by atoms with Crippen LogP contribution in [-0.4, -0.2) is 54.7 Å². The normalized spacial score (nSPS) is 21.9. The fraction of sp³-hybridized carbons (Fsp3) is 0.923. The highest BCUT2D eigenvalue weighted by Crippen LogP contribution is 2.25. The van der Waals surface area contributed by atoms with E-state index in [2.05, 4.69) is 0 Å². The van der Waals surface area contributed by atoms with Gasteiger partial charge in [0.2, 0.25) is 5.91 Å². The van der Waals surface area contributed by atoms with Gasteiger partial charge in [-0.1, -0.05) is 20.8 Å². The molecule has 1 rings (SSSR count). The molecule has 1 aliphatic heterocycles. The minimum absolute atomic E-state index is 0.0621. The van der Waals surface area contributed by atoms with Crippen molar-refractivity contribution in [3.8, 4) is 0 Å². The zero-order valence-electron chi connectivity index (χ0n) is 11.9. The van der Waals surface area contributed by atoms with Gasteiger partial charge in [0.25, 0.3) is 0 Å². The summed E-state index contributed by atoms with van der Waals surface area (Å²) in [5, 5.41) is 0. The summed E-state index contributed by atoms with van der Waals surface area (Å²) in [4.78, 5) is 14.4. The van der Waals surface area contributed by atoms with Crippen LogP contribution in [0.4, 0.5) is 0 Å². The van der Waals surface area contributed by atoms with Gasteiger partial charge in [-0.3, -0.25) is 4.79 Å². The Labute approximate surface area is 115 Å². The van der Waals surface area contributed by atoms with Crippen molar-refractivity contribution in [1.82, 2.24) is 4.90 Å². The molecule has 2 atom stereocenters. The third-order valence-corrected chi connectivity index (χ3v) is 4.51. The molecule has 0 aromatic rings. The maximum absolute atomic E-state index is 12.5. The lowest BCUT2D eigenvalue weighted by atomic mass is 9.86. The number of carbonyl (C=O) groups excluding carboxylic acids is 1. The van der Waals surface area contributed by atoms with Crippen LogP contribution >= 0.6 is 11.8 Å². The molecule has 2 N–H and O–H groups in total. The van der Waals surface area contributed by atoms with E-state index >= 15 is 0 Å². The largest absolute Gasteiger partial charge is 0.383 e. The lowest BCUT2D eigenvalue weighted by Gasteiger charge is -2.35. The van der Waals surface area contributed by atoms with E-state index in [1.807, 2.05) is 37.4 Å². The summed E-state index contributed by atoms with van der Waals surface area (Å²) in [5.41, 5.74) is 5.90. The fourth-order valence-corrected chi connectivity index (χ4v) is 3.20. The molecule has 0 bridgehead atoms. The maximum Gasteiger partial charge on any atom is 0.240 e. The average Bonchev–Trinajstić information content (AvgIpc) is 2.80. The van der Waals surface area contributed by atoms with E-state index in [1.54, 1.807) is 7.11 Å². The van der Waals surface area contributed by atoms with E-state index in [0.29, 0.717) is 19.2 Å². The molecule has 1 heterocycles. The first-order valence-corrected chi connectivity index (χ1v) is 7.66. The number of hydrogen-bond donors (Lipinski definition) is 1. The number of rotatable bonds is 5. The Bertz CT molecular complexity index is 273. The Morgan fingerprint density at radius 1 is 1.56 bits per heavy atom. The van der Waals surface area contributed by atoms with Crippen molar-refractivity contribution in [1.29, 1.82) is 0 Å². The van der Waals surface area contributed by atoms with Gasteiger partial charge in [0.05, 0.1) is 12.6 Å². The maximum atomic E-state index is 12.5. The summed E-state index contributed by atoms with van der Waals surface area (Å²) in [7, 11) is 1.66. The van der Waals surface area contributed by atoms with Crippen LogP contribution < -0.4 is 5.73 Å². The highest BCUT2D eigenvalue weighted by molar-refractivity contribution is 7.99. The monoisotopic (exact) mass is 274 g/mol. The van der Waals surface area contributed by atoms with Gasteiger partial charge in [-0.15, -0.1) is 0 Å². The predicted molar refractivity (Wildman–Crippen MR) is 76.7 cm³/mol. The summed E-state index contributed by atoms with van der Waals surface area (Å²) < 4.78 is 5.11. The molecule has 1 aliphatic rings. The number of thioether (sulfide) groups is 1. The number of nitrogens with two attached hydrogens (primary N) is 1. The number of nitrogens with zero attached hydrogens (tertiary/aromatic N) is 1. The lowest BCUT2D eigenvalue weighted by Crippen LogP contribution is -2.54. The zero-order valence-corrected chi connectivity index (χ0v) is 12.8. The number of amides is 1. The van der Waals surface area contributed by atoms with Crippen molar-refractivity contribution in [3.63, 3.8) is 0 Å². The Hall–Kier alpha value is -0.260. The molecule has 0 saturated carbocycles. The molecule has 0 spiro atoms. The first kappa shape index (κ1) is 15.8. The van der Waals surface area contributed by atoms with Crippen LogP contribution in [0.1, 0.15) is 27.2 Å². The molecular formula is C13H26N2O2S. The van der Waals surface area contributed by atoms with Crippen molar-refractivity contribution < 1.29 is 9.53 Å². The summed E-state index contributed by atoms with van der Waals surface area (Å²) in [5.74, 6) is 2.21. The highest BCUT2D eigenvalue weighted by atomic mass is 32.2. The van der Waals surface area contributed by atoms with Gasteiger partial charge in [-0.25, -0.2) is 0 Å². The Morgan fingerprint density at radius 3 is 2.67 bits per heavy atom. The van der Waals surface area contributed by atoms with Gasteiger partial charge in [0.15, 0.2) is 0 Å². The van der Waals surface area contributed by atoms with Crippen LogP contribution in [0.3, 0.4) is 0 Å². The number of carbonyl (C=O) groups is 1. The van der Waals surface area contributed by atoms with E-state index in [0.717, 1.165) is 17.9 Å². The summed E-state index contributed by atoms with van der Waals surface area (Å²) >= 11 is 1.91. The molecule has 0 aromatic carbocycles. The molecular weight excluding hydrogens is 248 g/mol. The standard InChI is InChI=1S/C13H26N2O2S/c1-13(2,3)11(14)12(16)15(6-7-17-4)10-5-8-18-9-10/h10-11H,5-9,14H2,1-4H3/t10?,11-/m1/s1. The minimum atomic E-state index is -0.444. The summed E-state index contributed by atoms with van der Waals surface area (Å²) in [6.07, 6.45) is 1.07. The van der Waals surface area contributed by atoms with Crippen LogP contribution in [0.15, 0.2) is 0 Å². The Balaban J connectivity index is 2.71. The highest BCUT2D eigenvalue weighted by Gasteiger charge is 2.35. The minimum Gasteiger partial charge on any atom is -0.383 e. The molecule has 1 amide bonds. The molecule has 1 unspecified atom stereocenters. The van der Waals surface area contributed by atoms with Crippen molar-refractivity contribution in [2.24, 2.45) is 11.1 Å². The molecule has 4 nitrogen and oxygen atoms in total. The SMILES string of the molecule is COCCN(C(=O)[C@@H](N)C(C)(C)C)C1CCSC1. The summed E-state index contributed by atoms with van der Waals surface area (Å²) in [6, 6.07) is -0.119. The third-order valence-electron chi connectivity index (χ3n) is 3.36. The average molecular weight is 274 g/mol. The summed E-state index contributed by atoms with van der Waals surface area (Å²) in [6.45, 7) is 7.24. The van der Waals surface area contributed by atoms with E-state index in [9.17, 15) is 4.79 Å². The first-order valence-electron chi connectivity index (χ1n) is 6.50. The second-order valence-electron chi connectivity index (χ2n) is 5.89. The molecule has 1 saturated heterocycles. The molecule has 0 aromatic heterocycles. The van der Waals surface area contributed by atoms with Gasteiger partial charge >= 0.3 is 0 Å².